The van der Waals surface area contributed by atoms with Gasteiger partial charge in [-0.05, 0) is 58.9 Å². The molecule has 1 heterocycles. The number of likely N-dealkylation sites (tertiary alicyclic amines) is 1. The molecule has 1 aliphatic rings. The van der Waals surface area contributed by atoms with Gasteiger partial charge in [0.25, 0.3) is 0 Å². The molecule has 0 aliphatic carbocycles. The Morgan fingerprint density at radius 3 is 2.35 bits per heavy atom. The number of benzene rings is 1. The van der Waals surface area contributed by atoms with Gasteiger partial charge < -0.3 is 14.4 Å². The number of hydrogen-bond acceptors (Lipinski definition) is 4. The predicted octanol–water partition coefficient (Wildman–Crippen LogP) is 4.53. The number of nitrogens with one attached hydrogen (secondary N) is 1. The summed E-state index contributed by atoms with van der Waals surface area (Å²) in [6.45, 7) is 6.58. The van der Waals surface area contributed by atoms with E-state index >= 15 is 0 Å². The van der Waals surface area contributed by atoms with Crippen LogP contribution in [0.2, 0.25) is 0 Å². The third-order valence-corrected chi connectivity index (χ3v) is 3.89. The number of carbonyl (C=O) groups is 1. The van der Waals surface area contributed by atoms with Gasteiger partial charge in [-0.2, -0.15) is 13.2 Å². The van der Waals surface area contributed by atoms with Crippen LogP contribution in [0, 0.1) is 0 Å². The quantitative estimate of drug-likeness (QED) is 0.845. The summed E-state index contributed by atoms with van der Waals surface area (Å²) in [5, 5.41) is 2.32. The van der Waals surface area contributed by atoms with Gasteiger partial charge >= 0.3 is 12.3 Å². The molecule has 1 amide bonds. The zero-order valence-corrected chi connectivity index (χ0v) is 15.4. The molecule has 1 N–H and O–H groups in total. The second-order valence-electron chi connectivity index (χ2n) is 7.46. The van der Waals surface area contributed by atoms with Crippen molar-refractivity contribution >= 4 is 11.8 Å². The average molecular weight is 374 g/mol. The molecule has 2 rings (SSSR count). The number of halogens is 3. The minimum Gasteiger partial charge on any atom is -0.490 e. The summed E-state index contributed by atoms with van der Waals surface area (Å²) in [5.41, 5.74) is -1.65. The van der Waals surface area contributed by atoms with E-state index in [9.17, 15) is 18.0 Å². The van der Waals surface area contributed by atoms with Crippen molar-refractivity contribution in [2.24, 2.45) is 0 Å². The van der Waals surface area contributed by atoms with Crippen molar-refractivity contribution in [1.29, 1.82) is 0 Å². The maximum atomic E-state index is 13.4. The number of nitrogens with zero attached hydrogens (tertiary/aromatic N) is 1. The van der Waals surface area contributed by atoms with Crippen LogP contribution in [-0.2, 0) is 10.9 Å². The molecule has 26 heavy (non-hydrogen) atoms. The molecular formula is C18H25F3N2O3. The first-order chi connectivity index (χ1) is 11.9. The van der Waals surface area contributed by atoms with Gasteiger partial charge in [0, 0.05) is 18.8 Å². The van der Waals surface area contributed by atoms with Crippen LogP contribution in [-0.4, -0.2) is 42.8 Å². The Labute approximate surface area is 151 Å². The summed E-state index contributed by atoms with van der Waals surface area (Å²) in [5.74, 6) is -0.221. The van der Waals surface area contributed by atoms with Crippen LogP contribution in [0.4, 0.5) is 23.7 Å². The molecule has 0 radical (unpaired) electrons. The first-order valence-electron chi connectivity index (χ1n) is 8.50. The number of piperidine rings is 1. The maximum absolute atomic E-state index is 13.4. The zero-order valence-electron chi connectivity index (χ0n) is 15.4. The second-order valence-corrected chi connectivity index (χ2v) is 7.46. The molecular weight excluding hydrogens is 349 g/mol. The van der Waals surface area contributed by atoms with Gasteiger partial charge in [-0.3, -0.25) is 5.32 Å². The number of amides is 1. The number of anilines is 1. The van der Waals surface area contributed by atoms with Gasteiger partial charge in [-0.25, -0.2) is 4.79 Å². The van der Waals surface area contributed by atoms with Crippen LogP contribution >= 0.6 is 0 Å². The van der Waals surface area contributed by atoms with Crippen LogP contribution in [0.1, 0.15) is 39.2 Å². The molecule has 0 saturated carbocycles. The van der Waals surface area contributed by atoms with Gasteiger partial charge in [0.2, 0.25) is 0 Å². The van der Waals surface area contributed by atoms with Crippen molar-refractivity contribution in [3.8, 4) is 5.75 Å². The maximum Gasteiger partial charge on any atom is 0.420 e. The molecule has 1 fully saturated rings. The third kappa shape index (κ3) is 6.09. The van der Waals surface area contributed by atoms with Crippen molar-refractivity contribution in [1.82, 2.24) is 4.90 Å². The van der Waals surface area contributed by atoms with Gasteiger partial charge in [0.15, 0.2) is 0 Å². The summed E-state index contributed by atoms with van der Waals surface area (Å²) in [6, 6.07) is 3.49. The summed E-state index contributed by atoms with van der Waals surface area (Å²) < 4.78 is 50.9. The summed E-state index contributed by atoms with van der Waals surface area (Å²) in [4.78, 5) is 13.9. The predicted molar refractivity (Wildman–Crippen MR) is 92.4 cm³/mol. The monoisotopic (exact) mass is 374 g/mol. The normalized spacial score (nSPS) is 17.0. The van der Waals surface area contributed by atoms with Crippen molar-refractivity contribution in [2.75, 3.05) is 25.5 Å². The van der Waals surface area contributed by atoms with Crippen LogP contribution in [0.15, 0.2) is 18.2 Å². The van der Waals surface area contributed by atoms with Crippen molar-refractivity contribution in [2.45, 2.75) is 51.5 Å². The summed E-state index contributed by atoms with van der Waals surface area (Å²) in [7, 11) is 1.97. The van der Waals surface area contributed by atoms with Gasteiger partial charge in [-0.1, -0.05) is 0 Å². The Morgan fingerprint density at radius 2 is 1.81 bits per heavy atom. The smallest absolute Gasteiger partial charge is 0.420 e. The number of ether oxygens (including phenoxy) is 2. The van der Waals surface area contributed by atoms with E-state index in [1.807, 2.05) is 7.05 Å². The van der Waals surface area contributed by atoms with E-state index in [1.54, 1.807) is 20.8 Å². The van der Waals surface area contributed by atoms with Crippen LogP contribution in [0.3, 0.4) is 0 Å². The fourth-order valence-electron chi connectivity index (χ4n) is 2.64. The van der Waals surface area contributed by atoms with E-state index in [4.69, 9.17) is 9.47 Å². The Morgan fingerprint density at radius 1 is 1.19 bits per heavy atom. The van der Waals surface area contributed by atoms with E-state index in [-0.39, 0.29) is 17.5 Å². The number of rotatable bonds is 3. The molecule has 0 unspecified atom stereocenters. The lowest BCUT2D eigenvalue weighted by atomic mass is 10.1. The highest BCUT2D eigenvalue weighted by atomic mass is 19.4. The van der Waals surface area contributed by atoms with Gasteiger partial charge in [0.1, 0.15) is 17.5 Å². The Kier molecular flexibility index (Phi) is 6.05. The third-order valence-electron chi connectivity index (χ3n) is 3.89. The highest BCUT2D eigenvalue weighted by molar-refractivity contribution is 5.85. The van der Waals surface area contributed by atoms with Crippen LogP contribution < -0.4 is 10.1 Å². The lowest BCUT2D eigenvalue weighted by molar-refractivity contribution is -0.139. The zero-order chi connectivity index (χ0) is 19.5. The largest absolute Gasteiger partial charge is 0.490 e. The van der Waals surface area contributed by atoms with E-state index in [0.717, 1.165) is 19.2 Å². The molecule has 0 spiro atoms. The Bertz CT molecular complexity index is 634. The fraction of sp³-hybridized carbons (Fsp3) is 0.611. The molecule has 1 aromatic rings. The molecule has 1 aromatic carbocycles. The molecule has 5 nitrogen and oxygen atoms in total. The molecule has 0 atom stereocenters. The minimum atomic E-state index is -4.59. The second kappa shape index (κ2) is 7.73. The molecule has 0 bridgehead atoms. The van der Waals surface area contributed by atoms with E-state index in [2.05, 4.69) is 10.2 Å². The molecule has 8 heteroatoms. The summed E-state index contributed by atoms with van der Waals surface area (Å²) >= 11 is 0. The molecule has 146 valence electrons. The fourth-order valence-corrected chi connectivity index (χ4v) is 2.64. The average Bonchev–Trinajstić information content (AvgIpc) is 2.48. The van der Waals surface area contributed by atoms with E-state index in [1.165, 1.54) is 12.1 Å². The van der Waals surface area contributed by atoms with Crippen molar-refractivity contribution in [3.05, 3.63) is 23.8 Å². The lowest BCUT2D eigenvalue weighted by Crippen LogP contribution is -2.36. The lowest BCUT2D eigenvalue weighted by Gasteiger charge is -2.30. The van der Waals surface area contributed by atoms with Crippen LogP contribution in [0.5, 0.6) is 5.75 Å². The van der Waals surface area contributed by atoms with Gasteiger partial charge in [0.05, 0.1) is 5.56 Å². The minimum absolute atomic E-state index is 0.00213. The van der Waals surface area contributed by atoms with Crippen LogP contribution in [0.25, 0.3) is 0 Å². The SMILES string of the molecule is CN1CCC(Oc2ccc(NC(=O)OC(C)(C)C)cc2C(F)(F)F)CC1. The van der Waals surface area contributed by atoms with E-state index < -0.39 is 23.4 Å². The highest BCUT2D eigenvalue weighted by Crippen LogP contribution is 2.39. The van der Waals surface area contributed by atoms with Crippen molar-refractivity contribution < 1.29 is 27.4 Å². The highest BCUT2D eigenvalue weighted by Gasteiger charge is 2.36. The van der Waals surface area contributed by atoms with E-state index in [0.29, 0.717) is 12.8 Å². The Hall–Kier alpha value is -1.96. The first kappa shape index (κ1) is 20.4. The molecule has 0 aromatic heterocycles. The standard InChI is InChI=1S/C18H25F3N2O3/c1-17(2,3)26-16(24)22-12-5-6-15(14(11-12)18(19,20)21)25-13-7-9-23(4)10-8-13/h5-6,11,13H,7-10H2,1-4H3,(H,22,24). The first-order valence-corrected chi connectivity index (χ1v) is 8.50. The topological polar surface area (TPSA) is 50.8 Å². The molecule has 1 aliphatic heterocycles. The Balaban J connectivity index is 2.15. The number of carbonyl (C=O) groups excluding carboxylic acids is 1. The molecule has 1 saturated heterocycles. The van der Waals surface area contributed by atoms with Crippen molar-refractivity contribution in [3.63, 3.8) is 0 Å². The number of hydrogen-bond donors (Lipinski definition) is 1. The van der Waals surface area contributed by atoms with Gasteiger partial charge in [-0.15, -0.1) is 0 Å². The summed E-state index contributed by atoms with van der Waals surface area (Å²) in [6.07, 6.45) is -4.31. The number of alkyl halides is 3.